The summed E-state index contributed by atoms with van der Waals surface area (Å²) in [5.41, 5.74) is 5.64. The number of nitrogens with two attached hydrogens (primary N) is 1. The number of aromatic nitrogens is 1. The fraction of sp³-hybridized carbons (Fsp3) is 0.222. The molecular weight excluding hydrogens is 198 g/mol. The van der Waals surface area contributed by atoms with Crippen LogP contribution in [0.3, 0.4) is 0 Å². The molecule has 0 fully saturated rings. The van der Waals surface area contributed by atoms with E-state index in [-0.39, 0.29) is 12.5 Å². The van der Waals surface area contributed by atoms with E-state index in [4.69, 9.17) is 10.8 Å². The quantitative estimate of drug-likeness (QED) is 0.603. The summed E-state index contributed by atoms with van der Waals surface area (Å²) in [4.78, 5) is 25.5. The first-order valence-corrected chi connectivity index (χ1v) is 4.28. The zero-order valence-electron chi connectivity index (χ0n) is 7.88. The molecule has 1 aromatic heterocycles. The van der Waals surface area contributed by atoms with Crippen LogP contribution in [0.15, 0.2) is 24.5 Å². The Hall–Kier alpha value is -1.95. The Bertz CT molecular complexity index is 353. The Morgan fingerprint density at radius 1 is 1.47 bits per heavy atom. The van der Waals surface area contributed by atoms with Gasteiger partial charge in [-0.1, -0.05) is 0 Å². The Morgan fingerprint density at radius 2 is 2.07 bits per heavy atom. The lowest BCUT2D eigenvalue weighted by atomic mass is 10.2. The first-order valence-electron chi connectivity index (χ1n) is 4.28. The number of carbonyl (C=O) groups is 2. The van der Waals surface area contributed by atoms with Crippen molar-refractivity contribution in [1.82, 2.24) is 10.3 Å². The molecule has 1 unspecified atom stereocenters. The Morgan fingerprint density at radius 3 is 2.60 bits per heavy atom. The van der Waals surface area contributed by atoms with Crippen molar-refractivity contribution in [1.29, 1.82) is 0 Å². The molecule has 80 valence electrons. The van der Waals surface area contributed by atoms with Gasteiger partial charge in [0.15, 0.2) is 0 Å². The molecule has 1 atom stereocenters. The van der Waals surface area contributed by atoms with Crippen LogP contribution in [0.5, 0.6) is 0 Å². The monoisotopic (exact) mass is 209 g/mol. The number of carbonyl (C=O) groups excluding carboxylic acids is 1. The van der Waals surface area contributed by atoms with E-state index in [0.717, 1.165) is 0 Å². The molecule has 1 heterocycles. The molecule has 0 aliphatic carbocycles. The average Bonchev–Trinajstić information content (AvgIpc) is 2.26. The van der Waals surface area contributed by atoms with Crippen molar-refractivity contribution in [2.75, 3.05) is 6.54 Å². The molecule has 0 saturated carbocycles. The zero-order valence-corrected chi connectivity index (χ0v) is 7.88. The highest BCUT2D eigenvalue weighted by molar-refractivity contribution is 5.94. The molecule has 0 aliphatic heterocycles. The van der Waals surface area contributed by atoms with Crippen LogP contribution in [0, 0.1) is 0 Å². The third-order valence-corrected chi connectivity index (χ3v) is 1.74. The van der Waals surface area contributed by atoms with Gasteiger partial charge in [-0.15, -0.1) is 0 Å². The van der Waals surface area contributed by atoms with Crippen molar-refractivity contribution >= 4 is 11.9 Å². The van der Waals surface area contributed by atoms with Gasteiger partial charge in [0.1, 0.15) is 6.04 Å². The molecule has 0 aromatic carbocycles. The summed E-state index contributed by atoms with van der Waals surface area (Å²) in [6, 6.07) is 1.97. The molecule has 15 heavy (non-hydrogen) atoms. The maximum atomic E-state index is 11.4. The molecule has 1 rings (SSSR count). The summed E-state index contributed by atoms with van der Waals surface area (Å²) in [5.74, 6) is -1.51. The zero-order chi connectivity index (χ0) is 11.3. The van der Waals surface area contributed by atoms with E-state index in [1.54, 1.807) is 0 Å². The van der Waals surface area contributed by atoms with Crippen LogP contribution in [0.25, 0.3) is 0 Å². The standard InChI is InChI=1S/C9H11N3O3/c10-7(9(14)15)5-12-8(13)6-1-3-11-4-2-6/h1-4,7H,5,10H2,(H,12,13)(H,14,15). The van der Waals surface area contributed by atoms with Crippen molar-refractivity contribution in [3.8, 4) is 0 Å². The predicted octanol–water partition coefficient (Wildman–Crippen LogP) is -0.777. The van der Waals surface area contributed by atoms with E-state index in [1.165, 1.54) is 24.5 Å². The van der Waals surface area contributed by atoms with E-state index in [9.17, 15) is 9.59 Å². The van der Waals surface area contributed by atoms with E-state index >= 15 is 0 Å². The smallest absolute Gasteiger partial charge is 0.322 e. The minimum Gasteiger partial charge on any atom is -0.480 e. The number of hydrogen-bond acceptors (Lipinski definition) is 4. The first-order chi connectivity index (χ1) is 7.11. The molecule has 0 radical (unpaired) electrons. The van der Waals surface area contributed by atoms with Gasteiger partial charge >= 0.3 is 5.97 Å². The molecule has 1 aromatic rings. The highest BCUT2D eigenvalue weighted by Crippen LogP contribution is 1.95. The van der Waals surface area contributed by atoms with Crippen molar-refractivity contribution < 1.29 is 14.7 Å². The molecule has 6 nitrogen and oxygen atoms in total. The summed E-state index contributed by atoms with van der Waals surface area (Å²) in [6.07, 6.45) is 2.96. The van der Waals surface area contributed by atoms with Gasteiger partial charge in [0.05, 0.1) is 0 Å². The first kappa shape index (κ1) is 11.1. The largest absolute Gasteiger partial charge is 0.480 e. The third-order valence-electron chi connectivity index (χ3n) is 1.74. The van der Waals surface area contributed by atoms with Crippen molar-refractivity contribution in [2.24, 2.45) is 5.73 Å². The van der Waals surface area contributed by atoms with Crippen LogP contribution in [0.4, 0.5) is 0 Å². The van der Waals surface area contributed by atoms with E-state index in [2.05, 4.69) is 10.3 Å². The number of nitrogens with zero attached hydrogens (tertiary/aromatic N) is 1. The van der Waals surface area contributed by atoms with Crippen molar-refractivity contribution in [2.45, 2.75) is 6.04 Å². The van der Waals surface area contributed by atoms with Gasteiger partial charge in [0, 0.05) is 24.5 Å². The normalized spacial score (nSPS) is 11.8. The second-order valence-corrected chi connectivity index (χ2v) is 2.89. The van der Waals surface area contributed by atoms with Crippen LogP contribution in [0.2, 0.25) is 0 Å². The van der Waals surface area contributed by atoms with Gasteiger partial charge < -0.3 is 16.2 Å². The topological polar surface area (TPSA) is 105 Å². The maximum Gasteiger partial charge on any atom is 0.322 e. The average molecular weight is 209 g/mol. The number of rotatable bonds is 4. The number of amides is 1. The van der Waals surface area contributed by atoms with Crippen LogP contribution in [-0.2, 0) is 4.79 Å². The summed E-state index contributed by atoms with van der Waals surface area (Å²) in [6.45, 7) is -0.101. The Labute approximate surface area is 86.1 Å². The molecule has 6 heteroatoms. The maximum absolute atomic E-state index is 11.4. The van der Waals surface area contributed by atoms with Crippen LogP contribution in [-0.4, -0.2) is 34.6 Å². The molecule has 0 aliphatic rings. The lowest BCUT2D eigenvalue weighted by Gasteiger charge is -2.07. The fourth-order valence-electron chi connectivity index (χ4n) is 0.895. The minimum atomic E-state index is -1.15. The third kappa shape index (κ3) is 3.35. The number of aliphatic carboxylic acids is 1. The number of pyridine rings is 1. The van der Waals surface area contributed by atoms with Gasteiger partial charge in [-0.2, -0.15) is 0 Å². The summed E-state index contributed by atoms with van der Waals surface area (Å²) >= 11 is 0. The lowest BCUT2D eigenvalue weighted by molar-refractivity contribution is -0.138. The van der Waals surface area contributed by atoms with E-state index in [0.29, 0.717) is 5.56 Å². The van der Waals surface area contributed by atoms with Crippen LogP contribution < -0.4 is 11.1 Å². The SMILES string of the molecule is NC(CNC(=O)c1ccncc1)C(=O)O. The molecule has 1 amide bonds. The summed E-state index contributed by atoms with van der Waals surface area (Å²) in [7, 11) is 0. The van der Waals surface area contributed by atoms with E-state index < -0.39 is 12.0 Å². The van der Waals surface area contributed by atoms with Gasteiger partial charge in [-0.3, -0.25) is 14.6 Å². The number of hydrogen-bond donors (Lipinski definition) is 3. The van der Waals surface area contributed by atoms with Gasteiger partial charge in [-0.25, -0.2) is 0 Å². The number of carboxylic acid groups (broad SMARTS) is 1. The highest BCUT2D eigenvalue weighted by Gasteiger charge is 2.13. The Kier molecular flexibility index (Phi) is 3.75. The molecular formula is C9H11N3O3. The summed E-state index contributed by atoms with van der Waals surface area (Å²) < 4.78 is 0. The van der Waals surface area contributed by atoms with Gasteiger partial charge in [-0.05, 0) is 12.1 Å². The molecule has 0 spiro atoms. The van der Waals surface area contributed by atoms with Crippen molar-refractivity contribution in [3.05, 3.63) is 30.1 Å². The fourth-order valence-corrected chi connectivity index (χ4v) is 0.895. The highest BCUT2D eigenvalue weighted by atomic mass is 16.4. The van der Waals surface area contributed by atoms with Gasteiger partial charge in [0.2, 0.25) is 0 Å². The van der Waals surface area contributed by atoms with Crippen molar-refractivity contribution in [3.63, 3.8) is 0 Å². The van der Waals surface area contributed by atoms with Crippen LogP contribution in [0.1, 0.15) is 10.4 Å². The summed E-state index contributed by atoms with van der Waals surface area (Å²) in [5, 5.41) is 10.9. The molecule has 0 saturated heterocycles. The number of nitrogens with one attached hydrogen (secondary N) is 1. The Balaban J connectivity index is 2.47. The molecule has 0 bridgehead atoms. The second-order valence-electron chi connectivity index (χ2n) is 2.89. The number of carboxylic acids is 1. The lowest BCUT2D eigenvalue weighted by Crippen LogP contribution is -2.42. The van der Waals surface area contributed by atoms with Gasteiger partial charge in [0.25, 0.3) is 5.91 Å². The molecule has 4 N–H and O–H groups in total. The second kappa shape index (κ2) is 5.06. The van der Waals surface area contributed by atoms with Crippen LogP contribution >= 0.6 is 0 Å². The minimum absolute atomic E-state index is 0.101. The predicted molar refractivity (Wildman–Crippen MR) is 52.2 cm³/mol. The van der Waals surface area contributed by atoms with E-state index in [1.807, 2.05) is 0 Å².